The molecule has 0 unspecified atom stereocenters. The van der Waals surface area contributed by atoms with Crippen LogP contribution in [0.2, 0.25) is 5.02 Å². The highest BCUT2D eigenvalue weighted by atomic mass is 35.5. The Kier molecular flexibility index (Phi) is 5.49. The maximum atomic E-state index is 14.1. The van der Waals surface area contributed by atoms with Gasteiger partial charge < -0.3 is 25.3 Å². The smallest absolute Gasteiger partial charge is 0.194 e. The number of ether oxygens (including phenoxy) is 1. The van der Waals surface area contributed by atoms with Crippen LogP contribution in [0.5, 0.6) is 17.2 Å². The number of H-pyrrole nitrogens is 1. The number of ketones is 3. The summed E-state index contributed by atoms with van der Waals surface area (Å²) in [6, 6.07) is 5.57. The molecule has 2 atom stereocenters. The Bertz CT molecular complexity index is 1730. The number of fused-ring (bicyclic) bond motifs is 6. The number of carbonyl (C=O) groups excluding carboxylic acids is 3. The molecule has 0 saturated carbocycles. The Morgan fingerprint density at radius 3 is 2.67 bits per heavy atom. The lowest BCUT2D eigenvalue weighted by Crippen LogP contribution is -2.41. The molecule has 3 aromatic rings. The third-order valence-corrected chi connectivity index (χ3v) is 8.55. The lowest BCUT2D eigenvalue weighted by molar-refractivity contribution is -0.123. The number of phenolic OH excluding ortho intramolecular Hbond substituents is 2. The summed E-state index contributed by atoms with van der Waals surface area (Å²) in [7, 11) is 0. The minimum atomic E-state index is -1.55. The van der Waals surface area contributed by atoms with Gasteiger partial charge in [-0.3, -0.25) is 14.4 Å². The number of hydrogen-bond donors (Lipinski definition) is 4. The second-order valence-electron chi connectivity index (χ2n) is 10.7. The van der Waals surface area contributed by atoms with Gasteiger partial charge in [-0.15, -0.1) is 0 Å². The Balaban J connectivity index is 1.45. The molecule has 6 rings (SSSR count). The second kappa shape index (κ2) is 8.48. The van der Waals surface area contributed by atoms with E-state index in [-0.39, 0.29) is 45.6 Å². The number of aromatic nitrogens is 1. The lowest BCUT2D eigenvalue weighted by atomic mass is 9.70. The zero-order chi connectivity index (χ0) is 28.0. The van der Waals surface area contributed by atoms with Crippen molar-refractivity contribution in [3.05, 3.63) is 74.3 Å². The first-order valence-corrected chi connectivity index (χ1v) is 13.2. The van der Waals surface area contributed by atoms with Crippen molar-refractivity contribution in [1.29, 1.82) is 0 Å². The molecular formula is C30H27ClN2O6. The summed E-state index contributed by atoms with van der Waals surface area (Å²) in [5.74, 6) is -2.42. The fourth-order valence-electron chi connectivity index (χ4n) is 6.28. The van der Waals surface area contributed by atoms with Crippen LogP contribution >= 0.6 is 11.6 Å². The number of hydrogen-bond acceptors (Lipinski definition) is 7. The lowest BCUT2D eigenvalue weighted by Gasteiger charge is -2.30. The van der Waals surface area contributed by atoms with Crippen molar-refractivity contribution in [3.63, 3.8) is 0 Å². The van der Waals surface area contributed by atoms with Crippen LogP contribution in [0.25, 0.3) is 10.9 Å². The average Bonchev–Trinajstić information content (AvgIpc) is 3.39. The highest BCUT2D eigenvalue weighted by Crippen LogP contribution is 2.57. The monoisotopic (exact) mass is 546 g/mol. The Morgan fingerprint density at radius 1 is 1.21 bits per heavy atom. The summed E-state index contributed by atoms with van der Waals surface area (Å²) in [4.78, 5) is 43.3. The summed E-state index contributed by atoms with van der Waals surface area (Å²) in [6.45, 7) is 5.98. The number of Topliss-reactive ketones (excluding diaryl/α,β-unsaturated/α-hetero) is 2. The molecular weight excluding hydrogens is 520 g/mol. The second-order valence-corrected chi connectivity index (χ2v) is 11.1. The molecule has 2 aliphatic carbocycles. The highest BCUT2D eigenvalue weighted by molar-refractivity contribution is 6.32. The fraction of sp³-hybridized carbons (Fsp3) is 0.300. The van der Waals surface area contributed by atoms with Crippen LogP contribution in [0, 0.1) is 6.92 Å². The van der Waals surface area contributed by atoms with Crippen LogP contribution in [0.15, 0.2) is 41.3 Å². The zero-order valence-corrected chi connectivity index (χ0v) is 22.7. The zero-order valence-electron chi connectivity index (χ0n) is 21.9. The Hall–Kier alpha value is -4.04. The van der Waals surface area contributed by atoms with Gasteiger partial charge in [0.1, 0.15) is 34.0 Å². The number of benzene rings is 2. The van der Waals surface area contributed by atoms with Gasteiger partial charge >= 0.3 is 0 Å². The number of aromatic hydroxyl groups is 2. The summed E-state index contributed by atoms with van der Waals surface area (Å²) in [6.07, 6.45) is 3.84. The normalized spacial score (nSPS) is 23.1. The van der Waals surface area contributed by atoms with E-state index in [0.29, 0.717) is 10.7 Å². The molecule has 8 nitrogen and oxygen atoms in total. The summed E-state index contributed by atoms with van der Waals surface area (Å²) < 4.78 is 5.85. The number of phenols is 2. The first kappa shape index (κ1) is 25.2. The number of aryl methyl sites for hydroxylation is 1. The van der Waals surface area contributed by atoms with E-state index in [0.717, 1.165) is 35.9 Å². The van der Waals surface area contributed by atoms with Crippen molar-refractivity contribution in [2.24, 2.45) is 0 Å². The molecule has 0 bridgehead atoms. The van der Waals surface area contributed by atoms with Gasteiger partial charge in [0.05, 0.1) is 17.2 Å². The minimum Gasteiger partial charge on any atom is -0.507 e. The molecule has 39 heavy (non-hydrogen) atoms. The van der Waals surface area contributed by atoms with E-state index in [1.54, 1.807) is 13.8 Å². The maximum Gasteiger partial charge on any atom is 0.194 e. The molecule has 1 aromatic heterocycles. The van der Waals surface area contributed by atoms with Crippen molar-refractivity contribution in [2.45, 2.75) is 58.4 Å². The van der Waals surface area contributed by atoms with E-state index in [1.165, 1.54) is 25.5 Å². The summed E-state index contributed by atoms with van der Waals surface area (Å²) >= 11 is 6.24. The summed E-state index contributed by atoms with van der Waals surface area (Å²) in [5.41, 5.74) is 1.96. The average molecular weight is 547 g/mol. The van der Waals surface area contributed by atoms with Crippen molar-refractivity contribution in [1.82, 2.24) is 10.3 Å². The molecule has 2 heterocycles. The van der Waals surface area contributed by atoms with Crippen LogP contribution in [0.3, 0.4) is 0 Å². The van der Waals surface area contributed by atoms with Gasteiger partial charge in [0.15, 0.2) is 17.3 Å². The van der Waals surface area contributed by atoms with E-state index in [9.17, 15) is 24.6 Å². The van der Waals surface area contributed by atoms with Crippen molar-refractivity contribution in [2.75, 3.05) is 0 Å². The number of aromatic amines is 1. The van der Waals surface area contributed by atoms with Crippen molar-refractivity contribution < 1.29 is 29.3 Å². The largest absolute Gasteiger partial charge is 0.507 e. The number of allylic oxidation sites excluding steroid dienone is 4. The first-order chi connectivity index (χ1) is 18.4. The Labute approximate surface area is 229 Å². The van der Waals surface area contributed by atoms with Gasteiger partial charge in [-0.2, -0.15) is 0 Å². The molecule has 1 aliphatic heterocycles. The molecule has 9 heteroatoms. The first-order valence-electron chi connectivity index (χ1n) is 12.8. The van der Waals surface area contributed by atoms with Crippen molar-refractivity contribution in [3.8, 4) is 17.2 Å². The molecule has 0 saturated heterocycles. The van der Waals surface area contributed by atoms with Gasteiger partial charge in [-0.05, 0) is 70.7 Å². The van der Waals surface area contributed by atoms with E-state index in [2.05, 4.69) is 10.3 Å². The molecule has 0 spiro atoms. The van der Waals surface area contributed by atoms with E-state index < -0.39 is 28.5 Å². The Morgan fingerprint density at radius 2 is 1.95 bits per heavy atom. The van der Waals surface area contributed by atoms with E-state index in [4.69, 9.17) is 16.3 Å². The molecule has 0 amide bonds. The van der Waals surface area contributed by atoms with Crippen molar-refractivity contribution >= 4 is 39.9 Å². The third-order valence-electron chi connectivity index (χ3n) is 8.32. The van der Waals surface area contributed by atoms with Crippen LogP contribution in [0.4, 0.5) is 0 Å². The predicted octanol–water partition coefficient (Wildman–Crippen LogP) is 5.37. The SMILES string of the molecule is CC(=O)c1c(O)c(C)c(O)c2c1OC1=CC(=O)/C(=C(/C)N[C@@H]3CCCc4c3[nH]c3ccc(Cl)cc43)C(=O)[C@@]12C. The predicted molar refractivity (Wildman–Crippen MR) is 145 cm³/mol. The molecule has 4 N–H and O–H groups in total. The van der Waals surface area contributed by atoms with Gasteiger partial charge in [0, 0.05) is 39.0 Å². The van der Waals surface area contributed by atoms with Gasteiger partial charge in [-0.1, -0.05) is 11.6 Å². The van der Waals surface area contributed by atoms with Crippen LogP contribution in [-0.4, -0.2) is 32.5 Å². The molecule has 2 aromatic carbocycles. The molecule has 3 aliphatic rings. The summed E-state index contributed by atoms with van der Waals surface area (Å²) in [5, 5.41) is 26.7. The van der Waals surface area contributed by atoms with Crippen LogP contribution in [-0.2, 0) is 21.4 Å². The van der Waals surface area contributed by atoms with Gasteiger partial charge in [0.2, 0.25) is 0 Å². The van der Waals surface area contributed by atoms with Gasteiger partial charge in [0.25, 0.3) is 0 Å². The number of rotatable bonds is 3. The van der Waals surface area contributed by atoms with E-state index >= 15 is 0 Å². The molecule has 200 valence electrons. The molecule has 0 fully saturated rings. The number of carbonyl (C=O) groups is 3. The van der Waals surface area contributed by atoms with Gasteiger partial charge in [-0.25, -0.2) is 0 Å². The minimum absolute atomic E-state index is 0.0132. The number of nitrogens with one attached hydrogen (secondary N) is 2. The van der Waals surface area contributed by atoms with E-state index in [1.807, 2.05) is 18.2 Å². The standard InChI is InChI=1S/C30H27ClN2O6/c1-12-26(36)23(14(3)34)28-24(27(12)37)30(4)21(39-28)11-20(35)22(29(30)38)13(2)32-19-7-5-6-16-17-10-15(31)8-9-18(17)33-25(16)19/h8-11,19,32-33,36-37H,5-7H2,1-4H3/b22-13+/t19-,30+/m1/s1. The fourth-order valence-corrected chi connectivity index (χ4v) is 6.45. The highest BCUT2D eigenvalue weighted by Gasteiger charge is 2.56. The third kappa shape index (κ3) is 3.40. The number of halogens is 1. The molecule has 0 radical (unpaired) electrons. The topological polar surface area (TPSA) is 129 Å². The quantitative estimate of drug-likeness (QED) is 0.197. The maximum absolute atomic E-state index is 14.1. The van der Waals surface area contributed by atoms with Crippen LogP contribution < -0.4 is 10.1 Å². The van der Waals surface area contributed by atoms with Crippen LogP contribution in [0.1, 0.15) is 72.4 Å².